The van der Waals surface area contributed by atoms with Crippen molar-refractivity contribution in [2.45, 2.75) is 19.9 Å². The Hall–Kier alpha value is -3.16. The van der Waals surface area contributed by atoms with Gasteiger partial charge in [0, 0.05) is 24.8 Å². The molecular formula is C25H24ClN3O3S. The van der Waals surface area contributed by atoms with Gasteiger partial charge in [0.05, 0.1) is 22.4 Å². The van der Waals surface area contributed by atoms with Crippen molar-refractivity contribution in [3.05, 3.63) is 95.6 Å². The molecule has 0 N–H and O–H groups in total. The molecule has 0 aliphatic carbocycles. The molecule has 8 heteroatoms. The highest BCUT2D eigenvalue weighted by molar-refractivity contribution is 7.07. The molecule has 0 unspecified atom stereocenters. The zero-order valence-electron chi connectivity index (χ0n) is 18.8. The molecule has 170 valence electrons. The number of thiazole rings is 1. The van der Waals surface area contributed by atoms with Crippen LogP contribution >= 0.6 is 22.9 Å². The number of nitrogens with zero attached hydrogens (tertiary/aromatic N) is 3. The topological polar surface area (TPSA) is 63.9 Å². The van der Waals surface area contributed by atoms with Gasteiger partial charge in [-0.1, -0.05) is 53.3 Å². The number of esters is 1. The first kappa shape index (κ1) is 23.0. The summed E-state index contributed by atoms with van der Waals surface area (Å²) >= 11 is 7.81. The molecular weight excluding hydrogens is 458 g/mol. The molecule has 33 heavy (non-hydrogen) atoms. The number of hydrogen-bond acceptors (Lipinski definition) is 6. The Balaban J connectivity index is 1.92. The van der Waals surface area contributed by atoms with Gasteiger partial charge in [-0.3, -0.25) is 9.36 Å². The zero-order valence-corrected chi connectivity index (χ0v) is 20.4. The Morgan fingerprint density at radius 1 is 1.21 bits per heavy atom. The molecule has 1 aliphatic rings. The molecule has 0 amide bonds. The van der Waals surface area contributed by atoms with Crippen LogP contribution in [0.3, 0.4) is 0 Å². The lowest BCUT2D eigenvalue weighted by Gasteiger charge is -2.25. The van der Waals surface area contributed by atoms with Gasteiger partial charge in [-0.05, 0) is 49.2 Å². The molecule has 1 aromatic heterocycles. The number of aromatic nitrogens is 1. The first-order chi connectivity index (χ1) is 15.8. The van der Waals surface area contributed by atoms with Crippen molar-refractivity contribution in [3.63, 3.8) is 0 Å². The van der Waals surface area contributed by atoms with Gasteiger partial charge in [0.15, 0.2) is 4.80 Å². The van der Waals surface area contributed by atoms with E-state index in [1.807, 2.05) is 67.5 Å². The van der Waals surface area contributed by atoms with Crippen LogP contribution in [-0.4, -0.2) is 31.2 Å². The minimum absolute atomic E-state index is 0.220. The van der Waals surface area contributed by atoms with Crippen molar-refractivity contribution in [2.24, 2.45) is 4.99 Å². The van der Waals surface area contributed by atoms with E-state index in [2.05, 4.69) is 4.99 Å². The number of rotatable bonds is 5. The third-order valence-electron chi connectivity index (χ3n) is 5.42. The lowest BCUT2D eigenvalue weighted by Crippen LogP contribution is -2.40. The Morgan fingerprint density at radius 3 is 2.55 bits per heavy atom. The van der Waals surface area contributed by atoms with E-state index in [1.54, 1.807) is 24.5 Å². The van der Waals surface area contributed by atoms with Crippen molar-refractivity contribution in [1.82, 2.24) is 4.57 Å². The molecule has 0 bridgehead atoms. The van der Waals surface area contributed by atoms with Crippen LogP contribution in [0.1, 0.15) is 31.0 Å². The summed E-state index contributed by atoms with van der Waals surface area (Å²) in [6.45, 7) is 3.72. The van der Waals surface area contributed by atoms with Gasteiger partial charge in [-0.15, -0.1) is 0 Å². The normalized spacial score (nSPS) is 15.8. The highest BCUT2D eigenvalue weighted by atomic mass is 35.5. The first-order valence-corrected chi connectivity index (χ1v) is 11.7. The highest BCUT2D eigenvalue weighted by Crippen LogP contribution is 2.34. The molecule has 4 rings (SSSR count). The van der Waals surface area contributed by atoms with Crippen molar-refractivity contribution < 1.29 is 9.53 Å². The Labute approximate surface area is 200 Å². The number of ether oxygens (including phenoxy) is 1. The van der Waals surface area contributed by atoms with Crippen LogP contribution in [-0.2, 0) is 9.53 Å². The van der Waals surface area contributed by atoms with Gasteiger partial charge in [0.2, 0.25) is 0 Å². The van der Waals surface area contributed by atoms with Crippen LogP contribution in [0.5, 0.6) is 0 Å². The number of allylic oxidation sites excluding steroid dienone is 1. The Kier molecular flexibility index (Phi) is 6.54. The third-order valence-corrected chi connectivity index (χ3v) is 6.75. The van der Waals surface area contributed by atoms with Gasteiger partial charge in [0.25, 0.3) is 5.56 Å². The molecule has 0 saturated heterocycles. The van der Waals surface area contributed by atoms with E-state index in [0.717, 1.165) is 11.3 Å². The maximum absolute atomic E-state index is 13.6. The summed E-state index contributed by atoms with van der Waals surface area (Å²) in [6, 6.07) is 14.4. The Bertz CT molecular complexity index is 1420. The second-order valence-corrected chi connectivity index (χ2v) is 9.23. The van der Waals surface area contributed by atoms with Crippen molar-refractivity contribution in [3.8, 4) is 0 Å². The maximum atomic E-state index is 13.6. The predicted octanol–water partition coefficient (Wildman–Crippen LogP) is 3.52. The van der Waals surface area contributed by atoms with Gasteiger partial charge in [-0.25, -0.2) is 9.79 Å². The standard InChI is InChI=1S/C25H24ClN3O3S/c1-5-32-24(31)21-15(2)27-25-29(22(21)18-8-6-7-9-19(18)26)23(30)20(33-25)14-16-10-12-17(13-11-16)28(3)4/h6-14,22H,5H2,1-4H3/t22-/m1/s1. The molecule has 0 spiro atoms. The molecule has 2 heterocycles. The summed E-state index contributed by atoms with van der Waals surface area (Å²) < 4.78 is 7.38. The molecule has 0 fully saturated rings. The van der Waals surface area contributed by atoms with Gasteiger partial charge >= 0.3 is 5.97 Å². The number of hydrogen-bond donors (Lipinski definition) is 0. The fourth-order valence-electron chi connectivity index (χ4n) is 3.80. The molecule has 2 aromatic carbocycles. The fourth-order valence-corrected chi connectivity index (χ4v) is 5.09. The SMILES string of the molecule is CCOC(=O)C1=C(C)N=c2sc(=Cc3ccc(N(C)C)cc3)c(=O)n2[C@@H]1c1ccccc1Cl. The average molecular weight is 482 g/mol. The lowest BCUT2D eigenvalue weighted by molar-refractivity contribution is -0.139. The van der Waals surface area contributed by atoms with Crippen LogP contribution in [0.25, 0.3) is 6.08 Å². The number of carbonyl (C=O) groups excluding carboxylic acids is 1. The van der Waals surface area contributed by atoms with E-state index in [1.165, 1.54) is 11.3 Å². The van der Waals surface area contributed by atoms with Gasteiger partial charge < -0.3 is 9.64 Å². The maximum Gasteiger partial charge on any atom is 0.338 e. The number of fused-ring (bicyclic) bond motifs is 1. The summed E-state index contributed by atoms with van der Waals surface area (Å²) in [5, 5.41) is 0.466. The quantitative estimate of drug-likeness (QED) is 0.523. The summed E-state index contributed by atoms with van der Waals surface area (Å²) in [6.07, 6.45) is 1.84. The molecule has 3 aromatic rings. The molecule has 1 atom stereocenters. The van der Waals surface area contributed by atoms with Crippen LogP contribution < -0.4 is 19.8 Å². The van der Waals surface area contributed by atoms with E-state index in [4.69, 9.17) is 16.3 Å². The van der Waals surface area contributed by atoms with Crippen molar-refractivity contribution in [1.29, 1.82) is 0 Å². The largest absolute Gasteiger partial charge is 0.463 e. The minimum atomic E-state index is -0.715. The van der Waals surface area contributed by atoms with Gasteiger partial charge in [0.1, 0.15) is 6.04 Å². The average Bonchev–Trinajstić information content (AvgIpc) is 3.08. The van der Waals surface area contributed by atoms with Crippen LogP contribution in [0.2, 0.25) is 5.02 Å². The minimum Gasteiger partial charge on any atom is -0.463 e. The Morgan fingerprint density at radius 2 is 1.91 bits per heavy atom. The van der Waals surface area contributed by atoms with E-state index in [0.29, 0.717) is 31.2 Å². The highest BCUT2D eigenvalue weighted by Gasteiger charge is 2.34. The first-order valence-electron chi connectivity index (χ1n) is 10.5. The van der Waals surface area contributed by atoms with Crippen molar-refractivity contribution >= 4 is 40.7 Å². The smallest absolute Gasteiger partial charge is 0.338 e. The predicted molar refractivity (Wildman–Crippen MR) is 133 cm³/mol. The summed E-state index contributed by atoms with van der Waals surface area (Å²) in [7, 11) is 3.95. The number of carbonyl (C=O) groups is 1. The van der Waals surface area contributed by atoms with E-state index in [-0.39, 0.29) is 12.2 Å². The molecule has 6 nitrogen and oxygen atoms in total. The summed E-state index contributed by atoms with van der Waals surface area (Å²) in [5.74, 6) is -0.503. The van der Waals surface area contributed by atoms with E-state index < -0.39 is 12.0 Å². The zero-order chi connectivity index (χ0) is 23.7. The van der Waals surface area contributed by atoms with Crippen LogP contribution in [0.15, 0.2) is 69.6 Å². The van der Waals surface area contributed by atoms with E-state index >= 15 is 0 Å². The molecule has 0 radical (unpaired) electrons. The number of anilines is 1. The van der Waals surface area contributed by atoms with Gasteiger partial charge in [-0.2, -0.15) is 0 Å². The summed E-state index contributed by atoms with van der Waals surface area (Å²) in [4.78, 5) is 33.6. The monoisotopic (exact) mass is 481 g/mol. The second kappa shape index (κ2) is 9.37. The molecule has 1 aliphatic heterocycles. The van der Waals surface area contributed by atoms with Crippen molar-refractivity contribution in [2.75, 3.05) is 25.6 Å². The third kappa shape index (κ3) is 4.38. The van der Waals surface area contributed by atoms with Crippen LogP contribution in [0.4, 0.5) is 5.69 Å². The molecule has 0 saturated carbocycles. The van der Waals surface area contributed by atoms with E-state index in [9.17, 15) is 9.59 Å². The number of halogens is 1. The second-order valence-electron chi connectivity index (χ2n) is 7.81. The summed E-state index contributed by atoms with van der Waals surface area (Å²) in [5.41, 5.74) is 3.23. The van der Waals surface area contributed by atoms with Crippen LogP contribution in [0, 0.1) is 0 Å². The lowest BCUT2D eigenvalue weighted by atomic mass is 9.96. The fraction of sp³-hybridized carbons (Fsp3) is 0.240. The number of benzene rings is 2.